The van der Waals surface area contributed by atoms with Crippen molar-refractivity contribution in [3.05, 3.63) is 28.0 Å². The number of imidazole rings is 1. The second kappa shape index (κ2) is 4.37. The molecule has 1 aliphatic rings. The molecule has 1 N–H and O–H groups in total. The fourth-order valence-electron chi connectivity index (χ4n) is 2.59. The molecular weight excluding hydrogens is 268 g/mol. The number of aromatic nitrogens is 2. The number of H-pyrrole nitrogens is 1. The summed E-state index contributed by atoms with van der Waals surface area (Å²) < 4.78 is 8.47. The van der Waals surface area contributed by atoms with Crippen molar-refractivity contribution in [2.75, 3.05) is 7.11 Å². The second-order valence-corrected chi connectivity index (χ2v) is 5.68. The van der Waals surface area contributed by atoms with Gasteiger partial charge in [-0.2, -0.15) is 0 Å². The minimum atomic E-state index is -0.0460. The van der Waals surface area contributed by atoms with Crippen molar-refractivity contribution >= 4 is 34.9 Å². The van der Waals surface area contributed by atoms with Crippen LogP contribution in [0.15, 0.2) is 18.2 Å². The summed E-state index contributed by atoms with van der Waals surface area (Å²) in [5.74, 6) is 0. The first-order chi connectivity index (χ1) is 8.65. The first-order valence-electron chi connectivity index (χ1n) is 6.07. The average molecular weight is 283 g/mol. The lowest BCUT2D eigenvalue weighted by Crippen LogP contribution is -2.43. The van der Waals surface area contributed by atoms with E-state index in [1.807, 2.05) is 18.2 Å². The Morgan fingerprint density at radius 2 is 2.28 bits per heavy atom. The van der Waals surface area contributed by atoms with Crippen LogP contribution in [0.25, 0.3) is 11.0 Å². The Labute approximate surface area is 116 Å². The van der Waals surface area contributed by atoms with Crippen LogP contribution in [-0.4, -0.2) is 22.3 Å². The normalized spacial score (nSPS) is 17.9. The molecule has 2 aromatic rings. The molecule has 1 aromatic heterocycles. The fraction of sp³-hybridized carbons (Fsp3) is 0.462. The minimum Gasteiger partial charge on any atom is -0.376 e. The maximum absolute atomic E-state index is 6.17. The Bertz CT molecular complexity index is 636. The molecule has 1 aromatic carbocycles. The molecular formula is C13H15ClN2OS. The van der Waals surface area contributed by atoms with Crippen molar-refractivity contribution in [2.45, 2.75) is 31.4 Å². The van der Waals surface area contributed by atoms with E-state index in [9.17, 15) is 0 Å². The molecule has 1 aliphatic carbocycles. The van der Waals surface area contributed by atoms with Crippen LogP contribution in [0.3, 0.4) is 0 Å². The van der Waals surface area contributed by atoms with Gasteiger partial charge in [0.05, 0.1) is 28.2 Å². The SMILES string of the molecule is COC1(Cn2c(=S)[nH]c3c(Cl)cccc32)CCC1. The summed E-state index contributed by atoms with van der Waals surface area (Å²) in [6.07, 6.45) is 3.42. The third-order valence-electron chi connectivity index (χ3n) is 3.90. The molecule has 0 unspecified atom stereocenters. The molecule has 3 nitrogen and oxygen atoms in total. The molecule has 1 heterocycles. The maximum Gasteiger partial charge on any atom is 0.178 e. The highest BCUT2D eigenvalue weighted by molar-refractivity contribution is 7.71. The van der Waals surface area contributed by atoms with Gasteiger partial charge in [0.1, 0.15) is 0 Å². The molecule has 0 amide bonds. The number of aromatic amines is 1. The van der Waals surface area contributed by atoms with Crippen LogP contribution in [0.5, 0.6) is 0 Å². The maximum atomic E-state index is 6.17. The lowest BCUT2D eigenvalue weighted by molar-refractivity contribution is -0.0830. The Hall–Kier alpha value is -0.840. The molecule has 0 radical (unpaired) electrons. The molecule has 0 bridgehead atoms. The Kier molecular flexibility index (Phi) is 2.96. The van der Waals surface area contributed by atoms with Gasteiger partial charge >= 0.3 is 0 Å². The van der Waals surface area contributed by atoms with Crippen LogP contribution in [0.1, 0.15) is 19.3 Å². The Morgan fingerprint density at radius 3 is 2.89 bits per heavy atom. The summed E-state index contributed by atoms with van der Waals surface area (Å²) in [5, 5.41) is 0.706. The van der Waals surface area contributed by atoms with E-state index in [0.717, 1.165) is 30.4 Å². The molecule has 0 spiro atoms. The largest absolute Gasteiger partial charge is 0.376 e. The number of rotatable bonds is 3. The highest BCUT2D eigenvalue weighted by Crippen LogP contribution is 2.37. The van der Waals surface area contributed by atoms with Crippen LogP contribution in [0.2, 0.25) is 5.02 Å². The zero-order valence-corrected chi connectivity index (χ0v) is 11.8. The number of para-hydroxylation sites is 1. The quantitative estimate of drug-likeness (QED) is 0.865. The van der Waals surface area contributed by atoms with E-state index in [0.29, 0.717) is 9.79 Å². The van der Waals surface area contributed by atoms with Gasteiger partial charge in [0.2, 0.25) is 0 Å². The van der Waals surface area contributed by atoms with E-state index >= 15 is 0 Å². The first kappa shape index (κ1) is 12.2. The number of hydrogen-bond donors (Lipinski definition) is 1. The van der Waals surface area contributed by atoms with Gasteiger partial charge in [-0.05, 0) is 43.6 Å². The summed E-state index contributed by atoms with van der Waals surface area (Å²) in [6, 6.07) is 5.86. The van der Waals surface area contributed by atoms with Crippen molar-refractivity contribution in [3.8, 4) is 0 Å². The van der Waals surface area contributed by atoms with Gasteiger partial charge in [-0.1, -0.05) is 17.7 Å². The number of methoxy groups -OCH3 is 1. The zero-order valence-electron chi connectivity index (χ0n) is 10.2. The summed E-state index contributed by atoms with van der Waals surface area (Å²) in [6.45, 7) is 0.794. The lowest BCUT2D eigenvalue weighted by atomic mass is 9.80. The molecule has 18 heavy (non-hydrogen) atoms. The zero-order chi connectivity index (χ0) is 12.8. The van der Waals surface area contributed by atoms with Gasteiger partial charge in [0.15, 0.2) is 4.77 Å². The van der Waals surface area contributed by atoms with Crippen molar-refractivity contribution in [3.63, 3.8) is 0 Å². The monoisotopic (exact) mass is 282 g/mol. The van der Waals surface area contributed by atoms with E-state index in [2.05, 4.69) is 9.55 Å². The molecule has 1 saturated carbocycles. The van der Waals surface area contributed by atoms with Gasteiger partial charge in [0, 0.05) is 7.11 Å². The predicted molar refractivity (Wildman–Crippen MR) is 75.7 cm³/mol. The van der Waals surface area contributed by atoms with Gasteiger partial charge in [-0.25, -0.2) is 0 Å². The summed E-state index contributed by atoms with van der Waals surface area (Å²) in [7, 11) is 1.78. The molecule has 1 fully saturated rings. The van der Waals surface area contributed by atoms with Crippen LogP contribution in [0.4, 0.5) is 0 Å². The van der Waals surface area contributed by atoms with Crippen molar-refractivity contribution in [2.24, 2.45) is 0 Å². The van der Waals surface area contributed by atoms with Gasteiger partial charge in [-0.15, -0.1) is 0 Å². The van der Waals surface area contributed by atoms with Gasteiger partial charge < -0.3 is 14.3 Å². The third-order valence-corrected chi connectivity index (χ3v) is 4.54. The molecule has 0 atom stereocenters. The molecule has 3 rings (SSSR count). The van der Waals surface area contributed by atoms with Crippen LogP contribution in [0, 0.1) is 4.77 Å². The minimum absolute atomic E-state index is 0.0460. The van der Waals surface area contributed by atoms with Crippen molar-refractivity contribution in [1.29, 1.82) is 0 Å². The molecule has 0 saturated heterocycles. The number of nitrogens with one attached hydrogen (secondary N) is 1. The fourth-order valence-corrected chi connectivity index (χ4v) is 3.07. The van der Waals surface area contributed by atoms with Crippen molar-refractivity contribution < 1.29 is 4.74 Å². The summed E-state index contributed by atoms with van der Waals surface area (Å²) in [5.41, 5.74) is 1.92. The standard InChI is InChI=1S/C13H15ClN2OS/c1-17-13(6-3-7-13)8-16-10-5-2-4-9(14)11(10)15-12(16)18/h2,4-5H,3,6-8H2,1H3,(H,15,18). The lowest BCUT2D eigenvalue weighted by Gasteiger charge is -2.40. The third kappa shape index (κ3) is 1.79. The van der Waals surface area contributed by atoms with E-state index < -0.39 is 0 Å². The molecule has 0 aliphatic heterocycles. The van der Waals surface area contributed by atoms with E-state index in [1.54, 1.807) is 7.11 Å². The van der Waals surface area contributed by atoms with E-state index in [4.69, 9.17) is 28.6 Å². The van der Waals surface area contributed by atoms with Crippen LogP contribution >= 0.6 is 23.8 Å². The highest BCUT2D eigenvalue weighted by Gasteiger charge is 2.37. The van der Waals surface area contributed by atoms with Gasteiger partial charge in [0.25, 0.3) is 0 Å². The number of fused-ring (bicyclic) bond motifs is 1. The topological polar surface area (TPSA) is 29.9 Å². The van der Waals surface area contributed by atoms with Crippen LogP contribution in [-0.2, 0) is 11.3 Å². The smallest absolute Gasteiger partial charge is 0.178 e. The second-order valence-electron chi connectivity index (χ2n) is 4.89. The average Bonchev–Trinajstić information content (AvgIpc) is 2.62. The molecule has 5 heteroatoms. The number of nitrogens with zero attached hydrogens (tertiary/aromatic N) is 1. The van der Waals surface area contributed by atoms with E-state index in [-0.39, 0.29) is 5.60 Å². The highest BCUT2D eigenvalue weighted by atomic mass is 35.5. The summed E-state index contributed by atoms with van der Waals surface area (Å²) >= 11 is 11.6. The number of hydrogen-bond acceptors (Lipinski definition) is 2. The molecule has 96 valence electrons. The summed E-state index contributed by atoms with van der Waals surface area (Å²) in [4.78, 5) is 3.18. The Balaban J connectivity index is 2.09. The van der Waals surface area contributed by atoms with Gasteiger partial charge in [-0.3, -0.25) is 0 Å². The predicted octanol–water partition coefficient (Wildman–Crippen LogP) is 3.92. The number of halogens is 1. The number of ether oxygens (including phenoxy) is 1. The van der Waals surface area contributed by atoms with Crippen LogP contribution < -0.4 is 0 Å². The number of benzene rings is 1. The Morgan fingerprint density at radius 1 is 1.50 bits per heavy atom. The van der Waals surface area contributed by atoms with Crippen molar-refractivity contribution in [1.82, 2.24) is 9.55 Å². The van der Waals surface area contributed by atoms with E-state index in [1.165, 1.54) is 6.42 Å². The first-order valence-corrected chi connectivity index (χ1v) is 6.86.